The van der Waals surface area contributed by atoms with Gasteiger partial charge in [0.2, 0.25) is 10.0 Å². The number of aromatic nitrogens is 4. The highest BCUT2D eigenvalue weighted by molar-refractivity contribution is 7.89. The third kappa shape index (κ3) is 4.95. The molecule has 1 saturated carbocycles. The molecule has 44 heavy (non-hydrogen) atoms. The van der Waals surface area contributed by atoms with Crippen LogP contribution >= 0.6 is 0 Å². The standard InChI is InChI=1S/C33H38N6O4S/c1-21-7-10-24(27(17-30(40)41)26-11-12-28-31(22(26)2)35-36-39(28)18-23-8-9-23)16-25(21)19-37-20-33(3)13-5-15-38(33)32-29(44(37,42)43)6-4-14-34-32/h4,6-7,10-12,14,16,23,27H,5,8-9,13,15,17-20H2,1-3H3,(H,40,41)/t27-,33+/m1/s1. The van der Waals surface area contributed by atoms with Gasteiger partial charge in [-0.15, -0.1) is 5.10 Å². The highest BCUT2D eigenvalue weighted by atomic mass is 32.2. The quantitative estimate of drug-likeness (QED) is 0.294. The first-order valence-corrected chi connectivity index (χ1v) is 16.9. The molecule has 0 unspecified atom stereocenters. The number of sulfonamides is 1. The van der Waals surface area contributed by atoms with Crippen molar-refractivity contribution in [1.82, 2.24) is 24.3 Å². The Balaban J connectivity index is 1.26. The number of hydrogen-bond acceptors (Lipinski definition) is 7. The van der Waals surface area contributed by atoms with E-state index in [2.05, 4.69) is 27.1 Å². The van der Waals surface area contributed by atoms with Gasteiger partial charge in [-0.05, 0) is 98.4 Å². The number of carboxylic acid groups (broad SMARTS) is 1. The zero-order valence-corrected chi connectivity index (χ0v) is 26.2. The number of pyridine rings is 1. The Bertz CT molecular complexity index is 1880. The van der Waals surface area contributed by atoms with Crippen molar-refractivity contribution in [2.45, 2.75) is 82.3 Å². The molecule has 0 bridgehead atoms. The summed E-state index contributed by atoms with van der Waals surface area (Å²) in [5.74, 6) is -0.148. The molecule has 0 spiro atoms. The second-order valence-electron chi connectivity index (χ2n) is 13.0. The van der Waals surface area contributed by atoms with E-state index in [0.717, 1.165) is 64.8 Å². The minimum Gasteiger partial charge on any atom is -0.481 e. The minimum absolute atomic E-state index is 0.0981. The predicted molar refractivity (Wildman–Crippen MR) is 167 cm³/mol. The summed E-state index contributed by atoms with van der Waals surface area (Å²) in [4.78, 5) is 19.1. The average molecular weight is 615 g/mol. The number of aryl methyl sites for hydroxylation is 2. The molecule has 1 aliphatic carbocycles. The third-order valence-corrected chi connectivity index (χ3v) is 11.7. The molecule has 2 fully saturated rings. The zero-order valence-electron chi connectivity index (χ0n) is 25.4. The van der Waals surface area contributed by atoms with Gasteiger partial charge in [0, 0.05) is 38.3 Å². The maximum atomic E-state index is 14.1. The Morgan fingerprint density at radius 3 is 2.75 bits per heavy atom. The summed E-state index contributed by atoms with van der Waals surface area (Å²) in [5, 5.41) is 18.9. The van der Waals surface area contributed by atoms with Crippen molar-refractivity contribution < 1.29 is 18.3 Å². The maximum Gasteiger partial charge on any atom is 0.304 e. The fourth-order valence-corrected chi connectivity index (χ4v) is 8.85. The number of nitrogens with zero attached hydrogens (tertiary/aromatic N) is 6. The smallest absolute Gasteiger partial charge is 0.304 e. The second-order valence-corrected chi connectivity index (χ2v) is 15.0. The molecule has 4 aromatic rings. The molecule has 4 heterocycles. The Morgan fingerprint density at radius 1 is 1.16 bits per heavy atom. The number of carboxylic acids is 1. The van der Waals surface area contributed by atoms with E-state index in [1.807, 2.05) is 48.9 Å². The molecule has 2 aromatic carbocycles. The molecule has 230 valence electrons. The first-order chi connectivity index (χ1) is 21.0. The van der Waals surface area contributed by atoms with E-state index in [4.69, 9.17) is 0 Å². The summed E-state index contributed by atoms with van der Waals surface area (Å²) in [6, 6.07) is 13.3. The van der Waals surface area contributed by atoms with Crippen LogP contribution in [0.25, 0.3) is 11.0 Å². The van der Waals surface area contributed by atoms with Crippen LogP contribution in [0.4, 0.5) is 5.82 Å². The third-order valence-electron chi connectivity index (χ3n) is 9.88. The van der Waals surface area contributed by atoms with E-state index >= 15 is 0 Å². The van der Waals surface area contributed by atoms with E-state index in [9.17, 15) is 18.3 Å². The molecule has 0 radical (unpaired) electrons. The second kappa shape index (κ2) is 10.7. The molecule has 1 saturated heterocycles. The Morgan fingerprint density at radius 2 is 1.98 bits per heavy atom. The number of benzene rings is 2. The molecule has 0 amide bonds. The van der Waals surface area contributed by atoms with Crippen LogP contribution in [0.15, 0.2) is 53.6 Å². The van der Waals surface area contributed by atoms with Crippen LogP contribution in [0.1, 0.15) is 72.8 Å². The first-order valence-electron chi connectivity index (χ1n) is 15.4. The number of anilines is 1. The predicted octanol–water partition coefficient (Wildman–Crippen LogP) is 5.02. The van der Waals surface area contributed by atoms with Crippen LogP contribution in [0.3, 0.4) is 0 Å². The van der Waals surface area contributed by atoms with Crippen LogP contribution in [-0.2, 0) is 27.9 Å². The summed E-state index contributed by atoms with van der Waals surface area (Å²) >= 11 is 0. The molecule has 7 rings (SSSR count). The lowest BCUT2D eigenvalue weighted by Crippen LogP contribution is -2.49. The van der Waals surface area contributed by atoms with Crippen LogP contribution in [0.5, 0.6) is 0 Å². The van der Waals surface area contributed by atoms with Crippen molar-refractivity contribution in [1.29, 1.82) is 0 Å². The topological polar surface area (TPSA) is 122 Å². The number of hydrogen-bond donors (Lipinski definition) is 1. The summed E-state index contributed by atoms with van der Waals surface area (Å²) in [7, 11) is -3.83. The lowest BCUT2D eigenvalue weighted by molar-refractivity contribution is -0.137. The highest BCUT2D eigenvalue weighted by Crippen LogP contribution is 2.42. The van der Waals surface area contributed by atoms with Gasteiger partial charge in [0.05, 0.1) is 17.5 Å². The summed E-state index contributed by atoms with van der Waals surface area (Å²) < 4.78 is 31.8. The lowest BCUT2D eigenvalue weighted by atomic mass is 9.84. The van der Waals surface area contributed by atoms with Crippen LogP contribution < -0.4 is 4.90 Å². The van der Waals surface area contributed by atoms with Gasteiger partial charge < -0.3 is 10.0 Å². The van der Waals surface area contributed by atoms with Gasteiger partial charge in [-0.25, -0.2) is 18.1 Å². The molecule has 3 aliphatic rings. The maximum absolute atomic E-state index is 14.1. The van der Waals surface area contributed by atoms with Crippen LogP contribution in [-0.4, -0.2) is 62.4 Å². The van der Waals surface area contributed by atoms with E-state index in [1.165, 1.54) is 12.8 Å². The molecule has 2 aliphatic heterocycles. The molecule has 11 heteroatoms. The molecule has 1 N–H and O–H groups in total. The van der Waals surface area contributed by atoms with Gasteiger partial charge in [-0.3, -0.25) is 4.79 Å². The van der Waals surface area contributed by atoms with E-state index < -0.39 is 21.9 Å². The Kier molecular flexibility index (Phi) is 7.00. The van der Waals surface area contributed by atoms with Gasteiger partial charge in [0.15, 0.2) is 0 Å². The van der Waals surface area contributed by atoms with Gasteiger partial charge in [0.25, 0.3) is 0 Å². The first kappa shape index (κ1) is 28.9. The number of rotatable bonds is 8. The monoisotopic (exact) mass is 614 g/mol. The van der Waals surface area contributed by atoms with Gasteiger partial charge in [0.1, 0.15) is 16.2 Å². The van der Waals surface area contributed by atoms with Crippen molar-refractivity contribution in [3.8, 4) is 0 Å². The molecule has 2 atom stereocenters. The van der Waals surface area contributed by atoms with Crippen LogP contribution in [0.2, 0.25) is 0 Å². The SMILES string of the molecule is Cc1ccc([C@@H](CC(=O)O)c2ccc3c(nnn3CC3CC3)c2C)cc1CN1C[C@]2(C)CCCN2c2ncccc2S1(=O)=O. The fraction of sp³-hybridized carbons (Fsp3) is 0.455. The van der Waals surface area contributed by atoms with E-state index in [0.29, 0.717) is 18.3 Å². The number of aliphatic carboxylic acids is 1. The zero-order chi connectivity index (χ0) is 30.8. The van der Waals surface area contributed by atoms with E-state index in [-0.39, 0.29) is 23.4 Å². The molecule has 10 nitrogen and oxygen atoms in total. The van der Waals surface area contributed by atoms with Crippen molar-refractivity contribution >= 4 is 32.8 Å². The normalized spacial score (nSPS) is 22.0. The summed E-state index contributed by atoms with van der Waals surface area (Å²) in [6.45, 7) is 8.25. The molecular weight excluding hydrogens is 576 g/mol. The Hall–Kier alpha value is -3.83. The summed E-state index contributed by atoms with van der Waals surface area (Å²) in [5.41, 5.74) is 5.86. The minimum atomic E-state index is -3.83. The number of fused-ring (bicyclic) bond motifs is 4. The average Bonchev–Trinajstić information content (AvgIpc) is 3.60. The van der Waals surface area contributed by atoms with Crippen LogP contribution in [0, 0.1) is 19.8 Å². The largest absolute Gasteiger partial charge is 0.481 e. The summed E-state index contributed by atoms with van der Waals surface area (Å²) in [6.07, 6.45) is 5.85. The van der Waals surface area contributed by atoms with Gasteiger partial charge >= 0.3 is 5.97 Å². The van der Waals surface area contributed by atoms with Crippen molar-refractivity contribution in [2.75, 3.05) is 18.0 Å². The van der Waals surface area contributed by atoms with Gasteiger partial charge in [-0.2, -0.15) is 4.31 Å². The van der Waals surface area contributed by atoms with Crippen molar-refractivity contribution in [3.05, 3.63) is 76.5 Å². The van der Waals surface area contributed by atoms with E-state index in [1.54, 1.807) is 22.6 Å². The number of carbonyl (C=O) groups is 1. The highest BCUT2D eigenvalue weighted by Gasteiger charge is 2.47. The molecule has 2 aromatic heterocycles. The van der Waals surface area contributed by atoms with Crippen molar-refractivity contribution in [2.24, 2.45) is 5.92 Å². The van der Waals surface area contributed by atoms with Crippen molar-refractivity contribution in [3.63, 3.8) is 0 Å². The fourth-order valence-electron chi connectivity index (χ4n) is 7.17. The lowest BCUT2D eigenvalue weighted by Gasteiger charge is -2.36. The Labute approximate surface area is 257 Å². The van der Waals surface area contributed by atoms with Gasteiger partial charge in [-0.1, -0.05) is 29.5 Å². The molecular formula is C33H38N6O4S.